The maximum Gasteiger partial charge on any atom is 0.255 e. The molecule has 0 heterocycles. The second-order valence-corrected chi connectivity index (χ2v) is 6.93. The maximum absolute atomic E-state index is 12.5. The maximum atomic E-state index is 12.5. The van der Waals surface area contributed by atoms with Crippen LogP contribution >= 0.6 is 0 Å². The SMILES string of the molecule is O=C(Nc1ccc(Oc2ccccc2)cc1)c1ccc(OCCOc2ccccc2)cc1. The number of anilines is 1. The molecule has 0 bridgehead atoms. The Bertz CT molecular complexity index is 1110. The fourth-order valence-electron chi connectivity index (χ4n) is 2.97. The van der Waals surface area contributed by atoms with E-state index in [9.17, 15) is 4.79 Å². The first-order chi connectivity index (χ1) is 15.8. The van der Waals surface area contributed by atoms with Crippen molar-refractivity contribution in [3.8, 4) is 23.0 Å². The van der Waals surface area contributed by atoms with E-state index in [1.165, 1.54) is 0 Å². The Kier molecular flexibility index (Phi) is 7.01. The van der Waals surface area contributed by atoms with E-state index in [0.29, 0.717) is 36.0 Å². The molecule has 0 aliphatic heterocycles. The van der Waals surface area contributed by atoms with Crippen LogP contribution in [-0.2, 0) is 0 Å². The number of benzene rings is 4. The quantitative estimate of drug-likeness (QED) is 0.325. The van der Waals surface area contributed by atoms with Gasteiger partial charge in [-0.25, -0.2) is 0 Å². The number of rotatable bonds is 9. The lowest BCUT2D eigenvalue weighted by Gasteiger charge is -2.10. The van der Waals surface area contributed by atoms with Crippen LogP contribution in [0.1, 0.15) is 10.4 Å². The Morgan fingerprint density at radius 2 is 1.03 bits per heavy atom. The summed E-state index contributed by atoms with van der Waals surface area (Å²) >= 11 is 0. The number of carbonyl (C=O) groups is 1. The molecule has 0 saturated carbocycles. The fraction of sp³-hybridized carbons (Fsp3) is 0.0741. The molecule has 1 N–H and O–H groups in total. The molecule has 0 atom stereocenters. The van der Waals surface area contributed by atoms with Crippen molar-refractivity contribution in [1.82, 2.24) is 0 Å². The summed E-state index contributed by atoms with van der Waals surface area (Å²) < 4.78 is 17.0. The summed E-state index contributed by atoms with van der Waals surface area (Å²) in [6.45, 7) is 0.855. The summed E-state index contributed by atoms with van der Waals surface area (Å²) in [5.41, 5.74) is 1.23. The van der Waals surface area contributed by atoms with Crippen LogP contribution in [0.25, 0.3) is 0 Å². The Hall–Kier alpha value is -4.25. The number of para-hydroxylation sites is 2. The minimum absolute atomic E-state index is 0.194. The first-order valence-electron chi connectivity index (χ1n) is 10.3. The van der Waals surface area contributed by atoms with Gasteiger partial charge in [-0.2, -0.15) is 0 Å². The molecule has 4 aromatic rings. The van der Waals surface area contributed by atoms with Gasteiger partial charge in [-0.05, 0) is 72.8 Å². The summed E-state index contributed by atoms with van der Waals surface area (Å²) in [7, 11) is 0. The van der Waals surface area contributed by atoms with Crippen LogP contribution in [0.3, 0.4) is 0 Å². The standard InChI is InChI=1S/C27H23NO4/c29-27(28-22-13-17-26(18-14-22)32-25-9-5-2-6-10-25)21-11-15-24(16-12-21)31-20-19-30-23-7-3-1-4-8-23/h1-18H,19-20H2,(H,28,29). The summed E-state index contributed by atoms with van der Waals surface area (Å²) in [4.78, 5) is 12.5. The van der Waals surface area contributed by atoms with E-state index >= 15 is 0 Å². The van der Waals surface area contributed by atoms with E-state index in [2.05, 4.69) is 5.32 Å². The molecule has 4 rings (SSSR count). The van der Waals surface area contributed by atoms with E-state index in [-0.39, 0.29) is 5.91 Å². The first-order valence-corrected chi connectivity index (χ1v) is 10.3. The highest BCUT2D eigenvalue weighted by Gasteiger charge is 2.07. The van der Waals surface area contributed by atoms with Gasteiger partial charge in [0.15, 0.2) is 0 Å². The van der Waals surface area contributed by atoms with Crippen LogP contribution in [0.15, 0.2) is 109 Å². The monoisotopic (exact) mass is 425 g/mol. The van der Waals surface area contributed by atoms with E-state index in [0.717, 1.165) is 11.5 Å². The zero-order valence-electron chi connectivity index (χ0n) is 17.4. The average molecular weight is 425 g/mol. The van der Waals surface area contributed by atoms with Crippen LogP contribution in [0, 0.1) is 0 Å². The van der Waals surface area contributed by atoms with Crippen molar-refractivity contribution < 1.29 is 19.0 Å². The molecule has 0 unspecified atom stereocenters. The predicted molar refractivity (Wildman–Crippen MR) is 125 cm³/mol. The minimum Gasteiger partial charge on any atom is -0.490 e. The van der Waals surface area contributed by atoms with Crippen LogP contribution in [0.4, 0.5) is 5.69 Å². The van der Waals surface area contributed by atoms with Crippen molar-refractivity contribution in [2.24, 2.45) is 0 Å². The van der Waals surface area contributed by atoms with Crippen molar-refractivity contribution in [1.29, 1.82) is 0 Å². The van der Waals surface area contributed by atoms with Crippen LogP contribution in [0.5, 0.6) is 23.0 Å². The number of carbonyl (C=O) groups excluding carboxylic acids is 1. The molecule has 4 aromatic carbocycles. The number of hydrogen-bond acceptors (Lipinski definition) is 4. The summed E-state index contributed by atoms with van der Waals surface area (Å²) in [5.74, 6) is 2.76. The largest absolute Gasteiger partial charge is 0.490 e. The Morgan fingerprint density at radius 3 is 1.62 bits per heavy atom. The van der Waals surface area contributed by atoms with E-state index in [4.69, 9.17) is 14.2 Å². The Balaban J connectivity index is 1.24. The average Bonchev–Trinajstić information content (AvgIpc) is 2.85. The molecular weight excluding hydrogens is 402 g/mol. The lowest BCUT2D eigenvalue weighted by molar-refractivity contribution is 0.102. The smallest absolute Gasteiger partial charge is 0.255 e. The fourth-order valence-corrected chi connectivity index (χ4v) is 2.97. The van der Waals surface area contributed by atoms with Crippen molar-refractivity contribution >= 4 is 11.6 Å². The number of hydrogen-bond donors (Lipinski definition) is 1. The number of ether oxygens (including phenoxy) is 3. The molecule has 1 amide bonds. The lowest BCUT2D eigenvalue weighted by atomic mass is 10.2. The molecule has 160 valence electrons. The van der Waals surface area contributed by atoms with Crippen LogP contribution in [-0.4, -0.2) is 19.1 Å². The van der Waals surface area contributed by atoms with Gasteiger partial charge in [-0.15, -0.1) is 0 Å². The van der Waals surface area contributed by atoms with Crippen LogP contribution in [0.2, 0.25) is 0 Å². The lowest BCUT2D eigenvalue weighted by Crippen LogP contribution is -2.12. The highest BCUT2D eigenvalue weighted by molar-refractivity contribution is 6.04. The highest BCUT2D eigenvalue weighted by Crippen LogP contribution is 2.23. The van der Waals surface area contributed by atoms with Gasteiger partial charge in [0.25, 0.3) is 5.91 Å². The molecule has 0 fully saturated rings. The van der Waals surface area contributed by atoms with Crippen molar-refractivity contribution in [3.05, 3.63) is 115 Å². The molecule has 0 saturated heterocycles. The first kappa shape index (κ1) is 21.0. The molecular formula is C27H23NO4. The number of nitrogens with one attached hydrogen (secondary N) is 1. The van der Waals surface area contributed by atoms with E-state index < -0.39 is 0 Å². The molecule has 32 heavy (non-hydrogen) atoms. The van der Waals surface area contributed by atoms with Gasteiger partial charge in [-0.3, -0.25) is 4.79 Å². The van der Waals surface area contributed by atoms with E-state index in [1.54, 1.807) is 36.4 Å². The second-order valence-electron chi connectivity index (χ2n) is 6.93. The number of amides is 1. The molecule has 0 aliphatic rings. The van der Waals surface area contributed by atoms with Gasteiger partial charge in [0.2, 0.25) is 0 Å². The van der Waals surface area contributed by atoms with Crippen molar-refractivity contribution in [2.45, 2.75) is 0 Å². The third-order valence-corrected chi connectivity index (χ3v) is 4.57. The molecule has 0 aromatic heterocycles. The highest BCUT2D eigenvalue weighted by atomic mass is 16.5. The second kappa shape index (κ2) is 10.7. The van der Waals surface area contributed by atoms with Crippen molar-refractivity contribution in [3.63, 3.8) is 0 Å². The van der Waals surface area contributed by atoms with E-state index in [1.807, 2.05) is 72.8 Å². The molecule has 0 spiro atoms. The molecule has 5 heteroatoms. The predicted octanol–water partition coefficient (Wildman–Crippen LogP) is 6.19. The molecule has 0 radical (unpaired) electrons. The Morgan fingerprint density at radius 1 is 0.562 bits per heavy atom. The third-order valence-electron chi connectivity index (χ3n) is 4.57. The van der Waals surface area contributed by atoms with Gasteiger partial charge < -0.3 is 19.5 Å². The molecule has 0 aliphatic carbocycles. The van der Waals surface area contributed by atoms with Crippen LogP contribution < -0.4 is 19.5 Å². The van der Waals surface area contributed by atoms with Crippen molar-refractivity contribution in [2.75, 3.05) is 18.5 Å². The van der Waals surface area contributed by atoms with Gasteiger partial charge in [0, 0.05) is 11.3 Å². The summed E-state index contributed by atoms with van der Waals surface area (Å²) in [5, 5.41) is 2.88. The normalized spacial score (nSPS) is 10.2. The zero-order valence-corrected chi connectivity index (χ0v) is 17.4. The zero-order chi connectivity index (χ0) is 22.0. The summed E-state index contributed by atoms with van der Waals surface area (Å²) in [6.07, 6.45) is 0. The molecule has 5 nitrogen and oxygen atoms in total. The van der Waals surface area contributed by atoms with Gasteiger partial charge in [-0.1, -0.05) is 36.4 Å². The third kappa shape index (κ3) is 6.12. The minimum atomic E-state index is -0.194. The van der Waals surface area contributed by atoms with Gasteiger partial charge >= 0.3 is 0 Å². The topological polar surface area (TPSA) is 56.8 Å². The Labute approximate surface area is 187 Å². The van der Waals surface area contributed by atoms with Gasteiger partial charge in [0.1, 0.15) is 36.2 Å². The summed E-state index contributed by atoms with van der Waals surface area (Å²) in [6, 6.07) is 33.4. The van der Waals surface area contributed by atoms with Gasteiger partial charge in [0.05, 0.1) is 0 Å².